The van der Waals surface area contributed by atoms with Crippen LogP contribution in [0.15, 0.2) is 0 Å². The Morgan fingerprint density at radius 3 is 2.18 bits per heavy atom. The summed E-state index contributed by atoms with van der Waals surface area (Å²) in [5.41, 5.74) is -1.69. The van der Waals surface area contributed by atoms with Gasteiger partial charge in [-0.25, -0.2) is 0 Å². The van der Waals surface area contributed by atoms with Gasteiger partial charge in [-0.1, -0.05) is 0 Å². The van der Waals surface area contributed by atoms with Crippen LogP contribution in [-0.4, -0.2) is 51.1 Å². The third-order valence-corrected chi connectivity index (χ3v) is 1.93. The molecule has 1 saturated heterocycles. The summed E-state index contributed by atoms with van der Waals surface area (Å²) < 4.78 is 4.64. The lowest BCUT2D eigenvalue weighted by atomic mass is 9.98. The average Bonchev–Trinajstić information content (AvgIpc) is 2.14. The summed E-state index contributed by atoms with van der Waals surface area (Å²) in [4.78, 5) is 0. The molecule has 0 saturated carbocycles. The van der Waals surface area contributed by atoms with Crippen molar-refractivity contribution < 1.29 is 25.2 Å². The van der Waals surface area contributed by atoms with E-state index >= 15 is 0 Å². The standard InChI is InChI=1S/C6H12O5/c1-6(10)4(8)3(2-7)11-5(6)9/h3-5,7-10H,2H2,1H3/t3?,4-,5?,6-/m0/s1. The highest BCUT2D eigenvalue weighted by atomic mass is 16.7. The molecule has 5 heteroatoms. The average molecular weight is 164 g/mol. The Balaban J connectivity index is 2.71. The van der Waals surface area contributed by atoms with Crippen LogP contribution in [0, 0.1) is 0 Å². The molecule has 4 atom stereocenters. The fourth-order valence-corrected chi connectivity index (χ4v) is 1.04. The molecular formula is C6H12O5. The quantitative estimate of drug-likeness (QED) is 0.353. The molecule has 1 heterocycles. The maximum atomic E-state index is 9.30. The molecule has 0 aliphatic carbocycles. The van der Waals surface area contributed by atoms with Crippen LogP contribution in [0.2, 0.25) is 0 Å². The summed E-state index contributed by atoms with van der Waals surface area (Å²) in [7, 11) is 0. The first-order chi connectivity index (χ1) is 5.00. The Kier molecular flexibility index (Phi) is 2.17. The van der Waals surface area contributed by atoms with Crippen molar-refractivity contribution in [2.75, 3.05) is 6.61 Å². The SMILES string of the molecule is C[C@@]1(O)C(O)OC(CO)[C@@H]1O. The topological polar surface area (TPSA) is 90.2 Å². The fourth-order valence-electron chi connectivity index (χ4n) is 1.04. The van der Waals surface area contributed by atoms with Crippen molar-refractivity contribution in [1.29, 1.82) is 0 Å². The van der Waals surface area contributed by atoms with Crippen LogP contribution in [0.5, 0.6) is 0 Å². The van der Waals surface area contributed by atoms with E-state index in [1.165, 1.54) is 6.92 Å². The number of rotatable bonds is 1. The molecule has 1 fully saturated rings. The van der Waals surface area contributed by atoms with Crippen molar-refractivity contribution in [3.05, 3.63) is 0 Å². The largest absolute Gasteiger partial charge is 0.394 e. The van der Waals surface area contributed by atoms with Crippen LogP contribution in [0.3, 0.4) is 0 Å². The van der Waals surface area contributed by atoms with Gasteiger partial charge in [0.15, 0.2) is 6.29 Å². The molecule has 66 valence electrons. The lowest BCUT2D eigenvalue weighted by molar-refractivity contribution is -0.169. The fraction of sp³-hybridized carbons (Fsp3) is 1.00. The van der Waals surface area contributed by atoms with E-state index in [1.54, 1.807) is 0 Å². The van der Waals surface area contributed by atoms with Gasteiger partial charge in [-0.2, -0.15) is 0 Å². The van der Waals surface area contributed by atoms with E-state index in [9.17, 15) is 10.2 Å². The molecule has 5 nitrogen and oxygen atoms in total. The molecule has 0 aromatic heterocycles. The van der Waals surface area contributed by atoms with E-state index in [0.717, 1.165) is 0 Å². The van der Waals surface area contributed by atoms with E-state index in [2.05, 4.69) is 4.74 Å². The maximum absolute atomic E-state index is 9.30. The Bertz CT molecular complexity index is 146. The van der Waals surface area contributed by atoms with Crippen molar-refractivity contribution in [2.24, 2.45) is 0 Å². The molecule has 2 unspecified atom stereocenters. The van der Waals surface area contributed by atoms with Crippen LogP contribution < -0.4 is 0 Å². The van der Waals surface area contributed by atoms with Gasteiger partial charge in [0.1, 0.15) is 17.8 Å². The van der Waals surface area contributed by atoms with E-state index < -0.39 is 30.7 Å². The first-order valence-electron chi connectivity index (χ1n) is 3.35. The van der Waals surface area contributed by atoms with Crippen LogP contribution >= 0.6 is 0 Å². The van der Waals surface area contributed by atoms with E-state index in [4.69, 9.17) is 10.2 Å². The van der Waals surface area contributed by atoms with E-state index in [1.807, 2.05) is 0 Å². The number of hydrogen-bond donors (Lipinski definition) is 4. The Labute approximate surface area is 63.8 Å². The summed E-state index contributed by atoms with van der Waals surface area (Å²) in [6.07, 6.45) is -3.59. The van der Waals surface area contributed by atoms with Gasteiger partial charge < -0.3 is 25.2 Å². The first-order valence-corrected chi connectivity index (χ1v) is 3.35. The van der Waals surface area contributed by atoms with Crippen LogP contribution in [0.25, 0.3) is 0 Å². The summed E-state index contributed by atoms with van der Waals surface area (Å²) in [5.74, 6) is 0. The first kappa shape index (κ1) is 8.89. The number of aliphatic hydroxyl groups is 4. The monoisotopic (exact) mass is 164 g/mol. The highest BCUT2D eigenvalue weighted by Gasteiger charge is 2.51. The minimum absolute atomic E-state index is 0.422. The zero-order chi connectivity index (χ0) is 8.65. The van der Waals surface area contributed by atoms with E-state index in [0.29, 0.717) is 0 Å². The third-order valence-electron chi connectivity index (χ3n) is 1.93. The molecule has 1 aliphatic rings. The summed E-state index contributed by atoms with van der Waals surface area (Å²) in [6.45, 7) is 0.826. The molecule has 4 N–H and O–H groups in total. The van der Waals surface area contributed by atoms with Crippen molar-refractivity contribution in [2.45, 2.75) is 31.0 Å². The van der Waals surface area contributed by atoms with Crippen LogP contribution in [0.4, 0.5) is 0 Å². The number of aliphatic hydroxyl groups excluding tert-OH is 3. The molecule has 0 aromatic carbocycles. The zero-order valence-electron chi connectivity index (χ0n) is 6.14. The van der Waals surface area contributed by atoms with Gasteiger partial charge in [0, 0.05) is 0 Å². The van der Waals surface area contributed by atoms with Crippen LogP contribution in [0.1, 0.15) is 6.92 Å². The Morgan fingerprint density at radius 2 is 2.00 bits per heavy atom. The van der Waals surface area contributed by atoms with Crippen molar-refractivity contribution in [1.82, 2.24) is 0 Å². The number of ether oxygens (including phenoxy) is 1. The Morgan fingerprint density at radius 1 is 1.45 bits per heavy atom. The second kappa shape index (κ2) is 2.69. The summed E-state index contributed by atoms with van der Waals surface area (Å²) in [6, 6.07) is 0. The smallest absolute Gasteiger partial charge is 0.186 e. The third kappa shape index (κ3) is 1.25. The molecular weight excluding hydrogens is 152 g/mol. The second-order valence-electron chi connectivity index (χ2n) is 2.88. The predicted molar refractivity (Wildman–Crippen MR) is 34.6 cm³/mol. The molecule has 1 rings (SSSR count). The highest BCUT2D eigenvalue weighted by molar-refractivity contribution is 4.95. The van der Waals surface area contributed by atoms with Crippen molar-refractivity contribution in [3.63, 3.8) is 0 Å². The molecule has 1 aliphatic heterocycles. The van der Waals surface area contributed by atoms with Gasteiger partial charge in [-0.15, -0.1) is 0 Å². The van der Waals surface area contributed by atoms with Crippen molar-refractivity contribution >= 4 is 0 Å². The minimum Gasteiger partial charge on any atom is -0.394 e. The summed E-state index contributed by atoms with van der Waals surface area (Å²) in [5, 5.41) is 36.1. The van der Waals surface area contributed by atoms with Gasteiger partial charge in [-0.3, -0.25) is 0 Å². The molecule has 0 amide bonds. The lowest BCUT2D eigenvalue weighted by Gasteiger charge is -2.22. The summed E-state index contributed by atoms with van der Waals surface area (Å²) >= 11 is 0. The zero-order valence-corrected chi connectivity index (χ0v) is 6.14. The molecule has 0 spiro atoms. The van der Waals surface area contributed by atoms with E-state index in [-0.39, 0.29) is 0 Å². The normalized spacial score (nSPS) is 51.5. The lowest BCUT2D eigenvalue weighted by Crippen LogP contribution is -2.45. The molecule has 11 heavy (non-hydrogen) atoms. The van der Waals surface area contributed by atoms with Gasteiger partial charge >= 0.3 is 0 Å². The molecule has 0 bridgehead atoms. The van der Waals surface area contributed by atoms with Crippen LogP contribution in [-0.2, 0) is 4.74 Å². The Hall–Kier alpha value is -0.200. The minimum atomic E-state index is -1.69. The highest BCUT2D eigenvalue weighted by Crippen LogP contribution is 2.28. The molecule has 0 radical (unpaired) electrons. The van der Waals surface area contributed by atoms with Gasteiger partial charge in [0.25, 0.3) is 0 Å². The van der Waals surface area contributed by atoms with Gasteiger partial charge in [-0.05, 0) is 6.92 Å². The molecule has 0 aromatic rings. The van der Waals surface area contributed by atoms with Gasteiger partial charge in [0.2, 0.25) is 0 Å². The maximum Gasteiger partial charge on any atom is 0.186 e. The van der Waals surface area contributed by atoms with Crippen molar-refractivity contribution in [3.8, 4) is 0 Å². The second-order valence-corrected chi connectivity index (χ2v) is 2.88. The predicted octanol–water partition coefficient (Wildman–Crippen LogP) is -2.19. The number of hydrogen-bond acceptors (Lipinski definition) is 5. The van der Waals surface area contributed by atoms with Gasteiger partial charge in [0.05, 0.1) is 6.61 Å².